The highest BCUT2D eigenvalue weighted by Crippen LogP contribution is 2.73. The molecule has 0 aromatic heterocycles. The van der Waals surface area contributed by atoms with E-state index >= 15 is 0 Å². The molecule has 54 valence electrons. The van der Waals surface area contributed by atoms with Crippen LogP contribution in [0.15, 0.2) is 12.2 Å². The molecular formula is C10H14. The van der Waals surface area contributed by atoms with E-state index in [4.69, 9.17) is 0 Å². The van der Waals surface area contributed by atoms with Crippen molar-refractivity contribution in [3.8, 4) is 0 Å². The highest BCUT2D eigenvalue weighted by Gasteiger charge is 2.68. The topological polar surface area (TPSA) is 0 Å². The molecular weight excluding hydrogens is 120 g/mol. The van der Waals surface area contributed by atoms with Gasteiger partial charge in [-0.3, -0.25) is 0 Å². The predicted molar refractivity (Wildman–Crippen MR) is 41.5 cm³/mol. The van der Waals surface area contributed by atoms with Gasteiger partial charge in [0.15, 0.2) is 0 Å². The Bertz CT molecular complexity index is 192. The molecule has 0 saturated heterocycles. The summed E-state index contributed by atoms with van der Waals surface area (Å²) in [5, 5.41) is 0. The second-order valence-corrected chi connectivity index (χ2v) is 4.82. The van der Waals surface area contributed by atoms with Crippen molar-refractivity contribution in [3.05, 3.63) is 12.2 Å². The molecule has 4 atom stereocenters. The number of fused-ring (bicyclic) bond motifs is 5. The third-order valence-electron chi connectivity index (χ3n) is 4.07. The standard InChI is InChI=1S/C10H14/c1-10(2)8-6-3-4-7(5-6)9(8)10/h3-4,6-9H,5H2,1-2H3. The Morgan fingerprint density at radius 3 is 2.00 bits per heavy atom. The molecule has 2 fully saturated rings. The lowest BCUT2D eigenvalue weighted by molar-refractivity contribution is 0.395. The maximum absolute atomic E-state index is 2.46. The Balaban J connectivity index is 2.02. The third kappa shape index (κ3) is 0.372. The minimum atomic E-state index is 0.705. The van der Waals surface area contributed by atoms with Crippen molar-refractivity contribution in [2.75, 3.05) is 0 Å². The molecule has 0 nitrogen and oxygen atoms in total. The van der Waals surface area contributed by atoms with Gasteiger partial charge in [0.2, 0.25) is 0 Å². The van der Waals surface area contributed by atoms with Crippen LogP contribution in [0.3, 0.4) is 0 Å². The maximum Gasteiger partial charge on any atom is -0.0191 e. The molecule has 3 rings (SSSR count). The van der Waals surface area contributed by atoms with E-state index in [1.807, 2.05) is 0 Å². The van der Waals surface area contributed by atoms with E-state index in [2.05, 4.69) is 26.0 Å². The quantitative estimate of drug-likeness (QED) is 0.446. The summed E-state index contributed by atoms with van der Waals surface area (Å²) < 4.78 is 0. The van der Waals surface area contributed by atoms with Crippen LogP contribution in [-0.2, 0) is 0 Å². The summed E-state index contributed by atoms with van der Waals surface area (Å²) >= 11 is 0. The van der Waals surface area contributed by atoms with Crippen LogP contribution in [0.2, 0.25) is 0 Å². The minimum Gasteiger partial charge on any atom is -0.0848 e. The van der Waals surface area contributed by atoms with Gasteiger partial charge in [0.25, 0.3) is 0 Å². The summed E-state index contributed by atoms with van der Waals surface area (Å²) in [6, 6.07) is 0. The van der Waals surface area contributed by atoms with Crippen molar-refractivity contribution in [3.63, 3.8) is 0 Å². The zero-order valence-electron chi connectivity index (χ0n) is 6.67. The van der Waals surface area contributed by atoms with Crippen LogP contribution < -0.4 is 0 Å². The van der Waals surface area contributed by atoms with Crippen molar-refractivity contribution in [2.45, 2.75) is 20.3 Å². The van der Waals surface area contributed by atoms with Gasteiger partial charge in [-0.2, -0.15) is 0 Å². The number of hydrogen-bond acceptors (Lipinski definition) is 0. The van der Waals surface area contributed by atoms with Crippen molar-refractivity contribution in [1.29, 1.82) is 0 Å². The van der Waals surface area contributed by atoms with Crippen LogP contribution in [0.25, 0.3) is 0 Å². The van der Waals surface area contributed by atoms with E-state index in [0.29, 0.717) is 5.41 Å². The summed E-state index contributed by atoms with van der Waals surface area (Å²) in [5.74, 6) is 4.10. The van der Waals surface area contributed by atoms with Gasteiger partial charge in [-0.25, -0.2) is 0 Å². The minimum absolute atomic E-state index is 0.705. The smallest absolute Gasteiger partial charge is 0.0191 e. The predicted octanol–water partition coefficient (Wildman–Crippen LogP) is 2.46. The number of hydrogen-bond donors (Lipinski definition) is 0. The second-order valence-electron chi connectivity index (χ2n) is 4.82. The van der Waals surface area contributed by atoms with Crippen LogP contribution in [-0.4, -0.2) is 0 Å². The van der Waals surface area contributed by atoms with Gasteiger partial charge in [0.1, 0.15) is 0 Å². The van der Waals surface area contributed by atoms with Gasteiger partial charge >= 0.3 is 0 Å². The summed E-state index contributed by atoms with van der Waals surface area (Å²) in [4.78, 5) is 0. The normalized spacial score (nSPS) is 59.0. The first kappa shape index (κ1) is 5.40. The van der Waals surface area contributed by atoms with Gasteiger partial charge in [0, 0.05) is 0 Å². The van der Waals surface area contributed by atoms with Gasteiger partial charge in [0.05, 0.1) is 0 Å². The Kier molecular flexibility index (Phi) is 0.657. The van der Waals surface area contributed by atoms with E-state index in [1.54, 1.807) is 0 Å². The van der Waals surface area contributed by atoms with Crippen molar-refractivity contribution in [1.82, 2.24) is 0 Å². The summed E-state index contributed by atoms with van der Waals surface area (Å²) in [6.07, 6.45) is 6.40. The Morgan fingerprint density at radius 2 is 1.60 bits per heavy atom. The van der Waals surface area contributed by atoms with Crippen molar-refractivity contribution >= 4 is 0 Å². The molecule has 0 aliphatic heterocycles. The molecule has 0 spiro atoms. The monoisotopic (exact) mass is 134 g/mol. The second kappa shape index (κ2) is 1.22. The molecule has 0 aromatic carbocycles. The molecule has 0 heteroatoms. The first-order valence-electron chi connectivity index (χ1n) is 4.39. The molecule has 2 bridgehead atoms. The van der Waals surface area contributed by atoms with E-state index in [0.717, 1.165) is 23.7 Å². The number of allylic oxidation sites excluding steroid dienone is 2. The lowest BCUT2D eigenvalue weighted by Crippen LogP contribution is -2.04. The van der Waals surface area contributed by atoms with Crippen LogP contribution in [0.5, 0.6) is 0 Å². The third-order valence-corrected chi connectivity index (χ3v) is 4.07. The molecule has 4 unspecified atom stereocenters. The molecule has 0 aromatic rings. The Labute approximate surface area is 62.3 Å². The van der Waals surface area contributed by atoms with Crippen molar-refractivity contribution in [2.24, 2.45) is 29.1 Å². The largest absolute Gasteiger partial charge is 0.0848 e. The molecule has 0 heterocycles. The van der Waals surface area contributed by atoms with Gasteiger partial charge < -0.3 is 0 Å². The Morgan fingerprint density at radius 1 is 1.10 bits per heavy atom. The summed E-state index contributed by atoms with van der Waals surface area (Å²) in [7, 11) is 0. The highest BCUT2D eigenvalue weighted by atomic mass is 14.7. The SMILES string of the molecule is CC1(C)C2C3C=CC(C3)C21. The molecule has 0 N–H and O–H groups in total. The van der Waals surface area contributed by atoms with Crippen LogP contribution in [0, 0.1) is 29.1 Å². The molecule has 3 aliphatic rings. The van der Waals surface area contributed by atoms with Gasteiger partial charge in [-0.05, 0) is 35.5 Å². The van der Waals surface area contributed by atoms with Gasteiger partial charge in [-0.15, -0.1) is 0 Å². The zero-order valence-corrected chi connectivity index (χ0v) is 6.67. The molecule has 10 heavy (non-hydrogen) atoms. The maximum atomic E-state index is 2.46. The molecule has 2 saturated carbocycles. The van der Waals surface area contributed by atoms with Crippen molar-refractivity contribution < 1.29 is 0 Å². The summed E-state index contributed by atoms with van der Waals surface area (Å²) in [5.41, 5.74) is 0.705. The zero-order chi connectivity index (χ0) is 6.93. The highest BCUT2D eigenvalue weighted by molar-refractivity contribution is 5.27. The fourth-order valence-electron chi connectivity index (χ4n) is 3.64. The molecule has 0 radical (unpaired) electrons. The summed E-state index contributed by atoms with van der Waals surface area (Å²) in [6.45, 7) is 4.88. The van der Waals surface area contributed by atoms with Gasteiger partial charge in [-0.1, -0.05) is 26.0 Å². The van der Waals surface area contributed by atoms with E-state index < -0.39 is 0 Å². The Hall–Kier alpha value is -0.260. The lowest BCUT2D eigenvalue weighted by atomic mass is 9.93. The number of rotatable bonds is 0. The molecule has 0 amide bonds. The average molecular weight is 134 g/mol. The first-order chi connectivity index (χ1) is 4.71. The fourth-order valence-corrected chi connectivity index (χ4v) is 3.64. The molecule has 3 aliphatic carbocycles. The van der Waals surface area contributed by atoms with Crippen LogP contribution in [0.1, 0.15) is 20.3 Å². The van der Waals surface area contributed by atoms with E-state index in [9.17, 15) is 0 Å². The van der Waals surface area contributed by atoms with E-state index in [1.165, 1.54) is 6.42 Å². The average Bonchev–Trinajstić information content (AvgIpc) is 2.37. The van der Waals surface area contributed by atoms with Crippen LogP contribution in [0.4, 0.5) is 0 Å². The first-order valence-corrected chi connectivity index (χ1v) is 4.39. The van der Waals surface area contributed by atoms with Crippen LogP contribution >= 0.6 is 0 Å². The van der Waals surface area contributed by atoms with E-state index in [-0.39, 0.29) is 0 Å². The fraction of sp³-hybridized carbons (Fsp3) is 0.800. The lowest BCUT2D eigenvalue weighted by Gasteiger charge is -2.12.